The van der Waals surface area contributed by atoms with Crippen molar-refractivity contribution >= 4 is 35.2 Å². The Bertz CT molecular complexity index is 879. The number of rotatable bonds is 3. The van der Waals surface area contributed by atoms with Gasteiger partial charge in [-0.05, 0) is 36.8 Å². The second-order valence-electron chi connectivity index (χ2n) is 5.81. The molecule has 7 nitrogen and oxygen atoms in total. The molecule has 2 aromatic rings. The predicted molar refractivity (Wildman–Crippen MR) is 99.2 cm³/mol. The maximum atomic E-state index is 12.6. The normalized spacial score (nSPS) is 17.4. The van der Waals surface area contributed by atoms with Crippen LogP contribution in [0.3, 0.4) is 0 Å². The van der Waals surface area contributed by atoms with Crippen molar-refractivity contribution in [3.8, 4) is 0 Å². The second-order valence-corrected chi connectivity index (χ2v) is 5.81. The van der Waals surface area contributed by atoms with E-state index in [1.54, 1.807) is 42.5 Å². The Kier molecular flexibility index (Phi) is 4.70. The molecule has 1 heterocycles. The summed E-state index contributed by atoms with van der Waals surface area (Å²) < 4.78 is 0. The van der Waals surface area contributed by atoms with Crippen LogP contribution >= 0.6 is 0 Å². The van der Waals surface area contributed by atoms with Crippen molar-refractivity contribution in [1.82, 2.24) is 10.9 Å². The van der Waals surface area contributed by atoms with Crippen LogP contribution < -0.4 is 21.5 Å². The smallest absolute Gasteiger partial charge is 0.337 e. The number of urea groups is 1. The maximum Gasteiger partial charge on any atom is 0.337 e. The summed E-state index contributed by atoms with van der Waals surface area (Å²) in [5, 5.41) is 5.53. The monoisotopic (exact) mass is 350 g/mol. The Morgan fingerprint density at radius 1 is 0.923 bits per heavy atom. The average Bonchev–Trinajstić information content (AvgIpc) is 2.66. The molecule has 1 atom stereocenters. The summed E-state index contributed by atoms with van der Waals surface area (Å²) >= 11 is 0. The Hall–Kier alpha value is -3.61. The number of Topliss-reactive ketones (excluding diaryl/α,β-unsaturated/α-hetero) is 1. The van der Waals surface area contributed by atoms with Gasteiger partial charge in [-0.3, -0.25) is 15.0 Å². The van der Waals surface area contributed by atoms with Gasteiger partial charge in [0.25, 0.3) is 5.91 Å². The zero-order valence-corrected chi connectivity index (χ0v) is 14.1. The van der Waals surface area contributed by atoms with E-state index < -0.39 is 23.3 Å². The van der Waals surface area contributed by atoms with Crippen LogP contribution in [0.4, 0.5) is 16.2 Å². The van der Waals surface area contributed by atoms with Gasteiger partial charge < -0.3 is 10.6 Å². The van der Waals surface area contributed by atoms with Gasteiger partial charge in [0, 0.05) is 11.4 Å². The van der Waals surface area contributed by atoms with Crippen LogP contribution in [-0.4, -0.2) is 23.3 Å². The maximum absolute atomic E-state index is 12.6. The Labute approximate surface area is 150 Å². The number of para-hydroxylation sites is 2. The van der Waals surface area contributed by atoms with Crippen molar-refractivity contribution in [2.75, 3.05) is 10.6 Å². The predicted octanol–water partition coefficient (Wildman–Crippen LogP) is 2.31. The molecule has 0 radical (unpaired) electrons. The van der Waals surface area contributed by atoms with Crippen molar-refractivity contribution in [3.05, 3.63) is 66.2 Å². The Morgan fingerprint density at radius 2 is 1.62 bits per heavy atom. The van der Waals surface area contributed by atoms with E-state index in [2.05, 4.69) is 21.5 Å². The number of carbonyl (C=O) groups is 3. The summed E-state index contributed by atoms with van der Waals surface area (Å²) in [6.45, 7) is 1.31. The lowest BCUT2D eigenvalue weighted by Crippen LogP contribution is -2.60. The molecule has 7 heteroatoms. The number of benzene rings is 2. The van der Waals surface area contributed by atoms with Gasteiger partial charge in [-0.2, -0.15) is 0 Å². The average molecular weight is 350 g/mol. The van der Waals surface area contributed by atoms with Gasteiger partial charge >= 0.3 is 6.03 Å². The lowest BCUT2D eigenvalue weighted by atomic mass is 9.88. The van der Waals surface area contributed by atoms with E-state index in [1.165, 1.54) is 13.0 Å². The standard InChI is InChI=1S/C19H18N4O3/c1-13(24)19(12-11-14-7-5-6-10-16(14)21-19)17(25)22-23-18(26)20-15-8-3-2-4-9-15/h2-12,21H,1H3,(H,22,25)(H2,20,23,26). The molecule has 26 heavy (non-hydrogen) atoms. The summed E-state index contributed by atoms with van der Waals surface area (Å²) in [5.74, 6) is -1.08. The van der Waals surface area contributed by atoms with E-state index in [1.807, 2.05) is 18.2 Å². The molecule has 0 aliphatic carbocycles. The molecule has 1 unspecified atom stereocenters. The number of fused-ring (bicyclic) bond motifs is 1. The zero-order valence-electron chi connectivity index (χ0n) is 14.1. The number of hydrogen-bond donors (Lipinski definition) is 4. The number of anilines is 2. The first-order chi connectivity index (χ1) is 12.5. The fraction of sp³-hybridized carbons (Fsp3) is 0.105. The Morgan fingerprint density at radius 3 is 2.35 bits per heavy atom. The van der Waals surface area contributed by atoms with Gasteiger partial charge in [0.15, 0.2) is 11.3 Å². The third-order valence-electron chi connectivity index (χ3n) is 4.04. The minimum absolute atomic E-state index is 0.397. The number of nitrogens with one attached hydrogen (secondary N) is 4. The zero-order chi connectivity index (χ0) is 18.6. The van der Waals surface area contributed by atoms with Gasteiger partial charge in [-0.15, -0.1) is 0 Å². The SMILES string of the molecule is CC(=O)C1(C(=O)NNC(=O)Nc2ccccc2)C=Cc2ccccc2N1. The van der Waals surface area contributed by atoms with Crippen LogP contribution in [0, 0.1) is 0 Å². The molecule has 0 aromatic heterocycles. The minimum atomic E-state index is -1.59. The molecule has 3 rings (SSSR count). The molecule has 1 aliphatic rings. The van der Waals surface area contributed by atoms with Gasteiger partial charge in [0.2, 0.25) is 0 Å². The minimum Gasteiger partial charge on any atom is -0.361 e. The highest BCUT2D eigenvalue weighted by atomic mass is 16.2. The van der Waals surface area contributed by atoms with Gasteiger partial charge in [0.05, 0.1) is 0 Å². The van der Waals surface area contributed by atoms with E-state index in [-0.39, 0.29) is 0 Å². The highest BCUT2D eigenvalue weighted by molar-refractivity contribution is 6.16. The molecule has 0 saturated heterocycles. The van der Waals surface area contributed by atoms with E-state index >= 15 is 0 Å². The quantitative estimate of drug-likeness (QED) is 0.504. The first-order valence-corrected chi connectivity index (χ1v) is 8.01. The van der Waals surface area contributed by atoms with Crippen LogP contribution in [0.25, 0.3) is 6.08 Å². The molecule has 2 aromatic carbocycles. The lowest BCUT2D eigenvalue weighted by molar-refractivity contribution is -0.132. The van der Waals surface area contributed by atoms with Crippen LogP contribution in [-0.2, 0) is 9.59 Å². The molecule has 132 valence electrons. The largest absolute Gasteiger partial charge is 0.361 e. The Balaban J connectivity index is 1.69. The highest BCUT2D eigenvalue weighted by Gasteiger charge is 2.43. The molecule has 0 fully saturated rings. The number of hydrazine groups is 1. The molecule has 4 N–H and O–H groups in total. The highest BCUT2D eigenvalue weighted by Crippen LogP contribution is 2.29. The topological polar surface area (TPSA) is 99.3 Å². The van der Waals surface area contributed by atoms with Crippen molar-refractivity contribution in [2.45, 2.75) is 12.5 Å². The van der Waals surface area contributed by atoms with Crippen LogP contribution in [0.2, 0.25) is 0 Å². The molecule has 0 spiro atoms. The van der Waals surface area contributed by atoms with E-state index in [0.717, 1.165) is 5.56 Å². The van der Waals surface area contributed by atoms with E-state index in [0.29, 0.717) is 11.4 Å². The van der Waals surface area contributed by atoms with Crippen molar-refractivity contribution in [2.24, 2.45) is 0 Å². The van der Waals surface area contributed by atoms with E-state index in [4.69, 9.17) is 0 Å². The van der Waals surface area contributed by atoms with Gasteiger partial charge in [-0.1, -0.05) is 42.5 Å². The number of carbonyl (C=O) groups excluding carboxylic acids is 3. The molecule has 3 amide bonds. The van der Waals surface area contributed by atoms with E-state index in [9.17, 15) is 14.4 Å². The first kappa shape index (κ1) is 17.2. The second kappa shape index (κ2) is 7.10. The summed E-state index contributed by atoms with van der Waals surface area (Å²) in [4.78, 5) is 36.8. The van der Waals surface area contributed by atoms with Crippen LogP contribution in [0.1, 0.15) is 12.5 Å². The van der Waals surface area contributed by atoms with Crippen molar-refractivity contribution < 1.29 is 14.4 Å². The molecule has 0 saturated carbocycles. The van der Waals surface area contributed by atoms with Gasteiger partial charge in [0.1, 0.15) is 0 Å². The molecule has 1 aliphatic heterocycles. The van der Waals surface area contributed by atoms with Crippen molar-refractivity contribution in [1.29, 1.82) is 0 Å². The summed E-state index contributed by atoms with van der Waals surface area (Å²) in [5.41, 5.74) is 5.06. The summed E-state index contributed by atoms with van der Waals surface area (Å²) in [7, 11) is 0. The summed E-state index contributed by atoms with van der Waals surface area (Å²) in [6, 6.07) is 15.5. The number of amides is 3. The molecular formula is C19H18N4O3. The third kappa shape index (κ3) is 3.41. The number of ketones is 1. The summed E-state index contributed by atoms with van der Waals surface area (Å²) in [6.07, 6.45) is 3.20. The van der Waals surface area contributed by atoms with Crippen LogP contribution in [0.15, 0.2) is 60.7 Å². The third-order valence-corrected chi connectivity index (χ3v) is 4.04. The van der Waals surface area contributed by atoms with Crippen LogP contribution in [0.5, 0.6) is 0 Å². The first-order valence-electron chi connectivity index (χ1n) is 8.01. The lowest BCUT2D eigenvalue weighted by Gasteiger charge is -2.32. The fourth-order valence-electron chi connectivity index (χ4n) is 2.62. The fourth-order valence-corrected chi connectivity index (χ4v) is 2.62. The van der Waals surface area contributed by atoms with Crippen molar-refractivity contribution in [3.63, 3.8) is 0 Å². The number of hydrogen-bond acceptors (Lipinski definition) is 4. The van der Waals surface area contributed by atoms with Gasteiger partial charge in [-0.25, -0.2) is 10.2 Å². The molecule has 0 bridgehead atoms. The molecular weight excluding hydrogens is 332 g/mol.